The summed E-state index contributed by atoms with van der Waals surface area (Å²) in [6.07, 6.45) is 4.60. The number of benzene rings is 1. The van der Waals surface area contributed by atoms with Crippen molar-refractivity contribution in [2.45, 2.75) is 56.9 Å². The average molecular weight is 368 g/mol. The molecule has 0 aliphatic carbocycles. The maximum Gasteiger partial charge on any atom is 0.251 e. The minimum Gasteiger partial charge on any atom is -0.495 e. The maximum atomic E-state index is 13.1. The molecule has 1 aliphatic rings. The highest BCUT2D eigenvalue weighted by atomic mass is 32.2. The average Bonchev–Trinajstić information content (AvgIpc) is 2.90. The van der Waals surface area contributed by atoms with E-state index in [9.17, 15) is 13.2 Å². The number of nitrogens with one attached hydrogen (secondary N) is 1. The first-order valence-corrected chi connectivity index (χ1v) is 10.3. The van der Waals surface area contributed by atoms with Gasteiger partial charge in [0, 0.05) is 24.7 Å². The van der Waals surface area contributed by atoms with Crippen LogP contribution in [0.15, 0.2) is 23.1 Å². The summed E-state index contributed by atoms with van der Waals surface area (Å²) in [5.74, 6) is -0.00587. The van der Waals surface area contributed by atoms with Gasteiger partial charge in [0.1, 0.15) is 10.6 Å². The van der Waals surface area contributed by atoms with Crippen LogP contribution in [0, 0.1) is 0 Å². The molecule has 25 heavy (non-hydrogen) atoms. The summed E-state index contributed by atoms with van der Waals surface area (Å²) in [5, 5.41) is 2.86. The van der Waals surface area contributed by atoms with Crippen LogP contribution >= 0.6 is 0 Å². The number of ether oxygens (including phenoxy) is 1. The zero-order valence-corrected chi connectivity index (χ0v) is 16.1. The highest BCUT2D eigenvalue weighted by molar-refractivity contribution is 7.89. The number of rotatable bonds is 6. The molecule has 0 bridgehead atoms. The Kier molecular flexibility index (Phi) is 6.84. The predicted octanol–water partition coefficient (Wildman–Crippen LogP) is 2.79. The van der Waals surface area contributed by atoms with Gasteiger partial charge in [0.25, 0.3) is 5.91 Å². The van der Waals surface area contributed by atoms with E-state index < -0.39 is 10.0 Å². The second-order valence-corrected chi connectivity index (χ2v) is 8.37. The van der Waals surface area contributed by atoms with E-state index in [-0.39, 0.29) is 22.6 Å². The van der Waals surface area contributed by atoms with Crippen LogP contribution in [0.4, 0.5) is 0 Å². The van der Waals surface area contributed by atoms with Gasteiger partial charge in [-0.3, -0.25) is 4.79 Å². The molecule has 0 saturated carbocycles. The van der Waals surface area contributed by atoms with Crippen LogP contribution in [0.2, 0.25) is 0 Å². The van der Waals surface area contributed by atoms with Crippen LogP contribution in [0.1, 0.15) is 56.3 Å². The number of methoxy groups -OCH3 is 1. The van der Waals surface area contributed by atoms with E-state index in [1.807, 2.05) is 13.8 Å². The molecule has 1 aromatic carbocycles. The number of hydrogen-bond acceptors (Lipinski definition) is 4. The first-order chi connectivity index (χ1) is 11.9. The molecule has 6 nitrogen and oxygen atoms in total. The zero-order valence-electron chi connectivity index (χ0n) is 15.2. The Morgan fingerprint density at radius 1 is 1.24 bits per heavy atom. The minimum absolute atomic E-state index is 0.0280. The number of carbonyl (C=O) groups is 1. The molecule has 1 heterocycles. The van der Waals surface area contributed by atoms with Crippen LogP contribution in [0.5, 0.6) is 5.75 Å². The number of carbonyl (C=O) groups excluding carboxylic acids is 1. The molecule has 1 aromatic rings. The second kappa shape index (κ2) is 8.67. The Bertz CT molecular complexity index is 695. The van der Waals surface area contributed by atoms with E-state index in [4.69, 9.17) is 4.74 Å². The molecule has 0 spiro atoms. The largest absolute Gasteiger partial charge is 0.495 e. The highest BCUT2D eigenvalue weighted by Crippen LogP contribution is 2.29. The topological polar surface area (TPSA) is 75.7 Å². The number of hydrogen-bond donors (Lipinski definition) is 1. The second-order valence-electron chi connectivity index (χ2n) is 6.47. The molecule has 7 heteroatoms. The Morgan fingerprint density at radius 2 is 1.88 bits per heavy atom. The lowest BCUT2D eigenvalue weighted by atomic mass is 10.2. The molecule has 0 unspecified atom stereocenters. The number of sulfonamides is 1. The van der Waals surface area contributed by atoms with Gasteiger partial charge in [-0.1, -0.05) is 19.8 Å². The van der Waals surface area contributed by atoms with Crippen molar-refractivity contribution in [2.24, 2.45) is 0 Å². The lowest BCUT2D eigenvalue weighted by Crippen LogP contribution is -2.33. The molecule has 1 amide bonds. The van der Waals surface area contributed by atoms with Crippen LogP contribution < -0.4 is 10.1 Å². The molecule has 1 N–H and O–H groups in total. The third-order valence-electron chi connectivity index (χ3n) is 4.60. The van der Waals surface area contributed by atoms with Gasteiger partial charge in [0.05, 0.1) is 7.11 Å². The lowest BCUT2D eigenvalue weighted by Gasteiger charge is -2.22. The first kappa shape index (κ1) is 19.7. The van der Waals surface area contributed by atoms with Crippen LogP contribution in [0.25, 0.3) is 0 Å². The Labute approximate surface area is 150 Å². The molecule has 1 atom stereocenters. The number of nitrogens with zero attached hydrogens (tertiary/aromatic N) is 1. The van der Waals surface area contributed by atoms with Gasteiger partial charge >= 0.3 is 0 Å². The van der Waals surface area contributed by atoms with E-state index in [0.29, 0.717) is 18.7 Å². The van der Waals surface area contributed by atoms with Crippen molar-refractivity contribution in [3.63, 3.8) is 0 Å². The molecular formula is C18H28N2O4S. The standard InChI is InChI=1S/C18H28N2O4S/c1-4-14(2)19-18(21)15-9-10-16(24-3)17(13-15)25(22,23)20-11-7-5-6-8-12-20/h9-10,13-14H,4-8,11-12H2,1-3H3,(H,19,21)/t14-/m1/s1. The Balaban J connectivity index is 2.37. The van der Waals surface area contributed by atoms with Crippen LogP contribution in [-0.4, -0.2) is 44.9 Å². The summed E-state index contributed by atoms with van der Waals surface area (Å²) in [4.78, 5) is 12.4. The van der Waals surface area contributed by atoms with Crippen molar-refractivity contribution in [2.75, 3.05) is 20.2 Å². The summed E-state index contributed by atoms with van der Waals surface area (Å²) in [5.41, 5.74) is 0.328. The first-order valence-electron chi connectivity index (χ1n) is 8.89. The van der Waals surface area contributed by atoms with Gasteiger partial charge in [-0.05, 0) is 44.4 Å². The SMILES string of the molecule is CC[C@@H](C)NC(=O)c1ccc(OC)c(S(=O)(=O)N2CCCCCC2)c1. The van der Waals surface area contributed by atoms with Crippen molar-refractivity contribution >= 4 is 15.9 Å². The van der Waals surface area contributed by atoms with Crippen molar-refractivity contribution in [1.29, 1.82) is 0 Å². The van der Waals surface area contributed by atoms with Gasteiger partial charge in [0.15, 0.2) is 0 Å². The van der Waals surface area contributed by atoms with E-state index in [0.717, 1.165) is 32.1 Å². The van der Waals surface area contributed by atoms with Gasteiger partial charge in [-0.15, -0.1) is 0 Å². The zero-order chi connectivity index (χ0) is 18.4. The van der Waals surface area contributed by atoms with E-state index in [1.165, 1.54) is 17.5 Å². The smallest absolute Gasteiger partial charge is 0.251 e. The van der Waals surface area contributed by atoms with Crippen molar-refractivity contribution in [3.8, 4) is 5.75 Å². The van der Waals surface area contributed by atoms with E-state index in [1.54, 1.807) is 12.1 Å². The fraction of sp³-hybridized carbons (Fsp3) is 0.611. The number of amides is 1. The Hall–Kier alpha value is -1.60. The summed E-state index contributed by atoms with van der Waals surface area (Å²) < 4.78 is 32.9. The highest BCUT2D eigenvalue weighted by Gasteiger charge is 2.29. The fourth-order valence-electron chi connectivity index (χ4n) is 2.85. The van der Waals surface area contributed by atoms with Crippen molar-refractivity contribution in [3.05, 3.63) is 23.8 Å². The van der Waals surface area contributed by atoms with Crippen LogP contribution in [0.3, 0.4) is 0 Å². The monoisotopic (exact) mass is 368 g/mol. The van der Waals surface area contributed by atoms with Crippen LogP contribution in [-0.2, 0) is 10.0 Å². The third kappa shape index (κ3) is 4.73. The summed E-state index contributed by atoms with van der Waals surface area (Å²) in [6, 6.07) is 4.60. The molecule has 140 valence electrons. The summed E-state index contributed by atoms with van der Waals surface area (Å²) >= 11 is 0. The third-order valence-corrected chi connectivity index (χ3v) is 6.52. The summed E-state index contributed by atoms with van der Waals surface area (Å²) in [6.45, 7) is 4.91. The van der Waals surface area contributed by atoms with Gasteiger partial charge in [-0.25, -0.2) is 8.42 Å². The lowest BCUT2D eigenvalue weighted by molar-refractivity contribution is 0.0939. The van der Waals surface area contributed by atoms with Gasteiger partial charge in [-0.2, -0.15) is 4.31 Å². The molecular weight excluding hydrogens is 340 g/mol. The molecule has 2 rings (SSSR count). The minimum atomic E-state index is -3.69. The normalized spacial score (nSPS) is 17.6. The van der Waals surface area contributed by atoms with Crippen molar-refractivity contribution in [1.82, 2.24) is 9.62 Å². The molecule has 1 aliphatic heterocycles. The summed E-state index contributed by atoms with van der Waals surface area (Å²) in [7, 11) is -2.25. The molecule has 1 saturated heterocycles. The maximum absolute atomic E-state index is 13.1. The predicted molar refractivity (Wildman–Crippen MR) is 97.4 cm³/mol. The quantitative estimate of drug-likeness (QED) is 0.838. The van der Waals surface area contributed by atoms with E-state index >= 15 is 0 Å². The molecule has 0 aromatic heterocycles. The van der Waals surface area contributed by atoms with Crippen molar-refractivity contribution < 1.29 is 17.9 Å². The molecule has 1 fully saturated rings. The van der Waals surface area contributed by atoms with Gasteiger partial charge < -0.3 is 10.1 Å². The fourth-order valence-corrected chi connectivity index (χ4v) is 4.55. The Morgan fingerprint density at radius 3 is 2.44 bits per heavy atom. The van der Waals surface area contributed by atoms with Gasteiger partial charge in [0.2, 0.25) is 10.0 Å². The molecule has 0 radical (unpaired) electrons. The van der Waals surface area contributed by atoms with E-state index in [2.05, 4.69) is 5.32 Å².